The van der Waals surface area contributed by atoms with E-state index in [9.17, 15) is 4.79 Å². The van der Waals surface area contributed by atoms with Crippen molar-refractivity contribution in [2.75, 3.05) is 13.1 Å². The van der Waals surface area contributed by atoms with E-state index < -0.39 is 5.91 Å². The van der Waals surface area contributed by atoms with Crippen LogP contribution in [-0.4, -0.2) is 34.7 Å². The molecule has 0 spiro atoms. The number of nitrogens with zero attached hydrogens (tertiary/aromatic N) is 2. The Bertz CT molecular complexity index is 931. The summed E-state index contributed by atoms with van der Waals surface area (Å²) >= 11 is 1.38. The van der Waals surface area contributed by atoms with Crippen LogP contribution in [0, 0.1) is 6.92 Å². The molecule has 1 amide bonds. The number of rotatable bonds is 9. The lowest BCUT2D eigenvalue weighted by atomic mass is 10.2. The average Bonchev–Trinajstić information content (AvgIpc) is 3.21. The summed E-state index contributed by atoms with van der Waals surface area (Å²) in [5, 5.41) is 4.25. The van der Waals surface area contributed by atoms with Gasteiger partial charge in [0.1, 0.15) is 17.1 Å². The lowest BCUT2D eigenvalue weighted by Gasteiger charge is -2.15. The molecular weight excluding hydrogens is 360 g/mol. The smallest absolute Gasteiger partial charge is 0.259 e. The molecule has 7 heteroatoms. The highest BCUT2D eigenvalue weighted by molar-refractivity contribution is 7.16. The molecule has 0 saturated heterocycles. The van der Waals surface area contributed by atoms with Crippen molar-refractivity contribution in [3.8, 4) is 10.8 Å². The van der Waals surface area contributed by atoms with Gasteiger partial charge in [0.2, 0.25) is 0 Å². The third-order valence-electron chi connectivity index (χ3n) is 4.44. The summed E-state index contributed by atoms with van der Waals surface area (Å²) in [6.07, 6.45) is 3.99. The predicted octanol–water partition coefficient (Wildman–Crippen LogP) is 3.65. The number of ether oxygens (including phenoxy) is 1. The topological polar surface area (TPSA) is 82.2 Å². The minimum atomic E-state index is -0.399. The molecule has 0 radical (unpaired) electrons. The largest absolute Gasteiger partial charge is 0.491 e. The normalized spacial score (nSPS) is 12.4. The lowest BCUT2D eigenvalue weighted by molar-refractivity contribution is 0.100. The van der Waals surface area contributed by atoms with Crippen LogP contribution in [0.2, 0.25) is 0 Å². The van der Waals surface area contributed by atoms with E-state index in [0.29, 0.717) is 4.88 Å². The predicted molar refractivity (Wildman–Crippen MR) is 110 cm³/mol. The van der Waals surface area contributed by atoms with Gasteiger partial charge in [-0.25, -0.2) is 4.98 Å². The number of carbonyl (C=O) groups is 1. The molecule has 0 aliphatic heterocycles. The second-order valence-electron chi connectivity index (χ2n) is 6.65. The maximum Gasteiger partial charge on any atom is 0.259 e. The van der Waals surface area contributed by atoms with Crippen LogP contribution in [0.1, 0.15) is 41.9 Å². The maximum absolute atomic E-state index is 11.6. The Labute approximate surface area is 163 Å². The van der Waals surface area contributed by atoms with Gasteiger partial charge < -0.3 is 15.8 Å². The first-order valence-electron chi connectivity index (χ1n) is 9.24. The summed E-state index contributed by atoms with van der Waals surface area (Å²) in [5.74, 6) is 0.423. The van der Waals surface area contributed by atoms with Crippen LogP contribution in [0.15, 0.2) is 30.6 Å². The van der Waals surface area contributed by atoms with Crippen LogP contribution in [0.25, 0.3) is 16.0 Å². The van der Waals surface area contributed by atoms with Crippen LogP contribution in [0.5, 0.6) is 5.75 Å². The summed E-state index contributed by atoms with van der Waals surface area (Å²) in [5.41, 5.74) is 8.17. The summed E-state index contributed by atoms with van der Waals surface area (Å²) in [7, 11) is 0. The summed E-state index contributed by atoms with van der Waals surface area (Å²) in [4.78, 5) is 16.6. The fourth-order valence-corrected chi connectivity index (χ4v) is 4.06. The zero-order valence-electron chi connectivity index (χ0n) is 16.0. The Morgan fingerprint density at radius 3 is 2.93 bits per heavy atom. The van der Waals surface area contributed by atoms with Gasteiger partial charge in [0.25, 0.3) is 5.91 Å². The molecule has 0 bridgehead atoms. The zero-order valence-corrected chi connectivity index (χ0v) is 16.8. The van der Waals surface area contributed by atoms with Crippen molar-refractivity contribution in [1.82, 2.24) is 14.9 Å². The zero-order chi connectivity index (χ0) is 19.4. The van der Waals surface area contributed by atoms with E-state index in [1.807, 2.05) is 35.8 Å². The van der Waals surface area contributed by atoms with Crippen molar-refractivity contribution < 1.29 is 9.53 Å². The van der Waals surface area contributed by atoms with Gasteiger partial charge >= 0.3 is 0 Å². The van der Waals surface area contributed by atoms with E-state index in [4.69, 9.17) is 10.5 Å². The second-order valence-corrected chi connectivity index (χ2v) is 7.68. The van der Waals surface area contributed by atoms with E-state index in [0.717, 1.165) is 53.3 Å². The SMILES string of the molecule is CCNCCCC(C)Oc1ccc2ncn(-c3cc(C)c(C(N)=O)s3)c2c1. The van der Waals surface area contributed by atoms with E-state index >= 15 is 0 Å². The van der Waals surface area contributed by atoms with E-state index in [-0.39, 0.29) is 6.10 Å². The van der Waals surface area contributed by atoms with Crippen molar-refractivity contribution in [2.24, 2.45) is 5.73 Å². The van der Waals surface area contributed by atoms with Crippen molar-refractivity contribution in [3.63, 3.8) is 0 Å². The number of nitrogens with one attached hydrogen (secondary N) is 1. The maximum atomic E-state index is 11.6. The van der Waals surface area contributed by atoms with Crippen LogP contribution in [0.4, 0.5) is 0 Å². The van der Waals surface area contributed by atoms with Crippen molar-refractivity contribution in [1.29, 1.82) is 0 Å². The molecule has 2 aromatic heterocycles. The number of amides is 1. The third kappa shape index (κ3) is 4.48. The summed E-state index contributed by atoms with van der Waals surface area (Å²) < 4.78 is 8.06. The summed E-state index contributed by atoms with van der Waals surface area (Å²) in [6, 6.07) is 7.88. The summed E-state index contributed by atoms with van der Waals surface area (Å²) in [6.45, 7) is 8.10. The Morgan fingerprint density at radius 2 is 2.22 bits per heavy atom. The van der Waals surface area contributed by atoms with E-state index in [1.165, 1.54) is 11.3 Å². The number of aryl methyl sites for hydroxylation is 1. The molecule has 3 N–H and O–H groups in total. The van der Waals surface area contributed by atoms with Crippen LogP contribution >= 0.6 is 11.3 Å². The monoisotopic (exact) mass is 386 g/mol. The molecule has 2 heterocycles. The number of carbonyl (C=O) groups excluding carboxylic acids is 1. The van der Waals surface area contributed by atoms with E-state index in [2.05, 4.69) is 24.1 Å². The van der Waals surface area contributed by atoms with Crippen LogP contribution in [0.3, 0.4) is 0 Å². The quantitative estimate of drug-likeness (QED) is 0.550. The number of thiophene rings is 1. The number of hydrogen-bond acceptors (Lipinski definition) is 5. The van der Waals surface area contributed by atoms with Gasteiger partial charge in [-0.2, -0.15) is 0 Å². The molecule has 27 heavy (non-hydrogen) atoms. The highest BCUT2D eigenvalue weighted by Crippen LogP contribution is 2.29. The number of aromatic nitrogens is 2. The molecule has 0 saturated carbocycles. The number of primary amides is 1. The first-order chi connectivity index (χ1) is 13.0. The van der Waals surface area contributed by atoms with Gasteiger partial charge in [0.15, 0.2) is 0 Å². The number of nitrogens with two attached hydrogens (primary N) is 1. The highest BCUT2D eigenvalue weighted by atomic mass is 32.1. The van der Waals surface area contributed by atoms with Crippen LogP contribution in [-0.2, 0) is 0 Å². The molecule has 3 aromatic rings. The van der Waals surface area contributed by atoms with Gasteiger partial charge in [-0.1, -0.05) is 6.92 Å². The first kappa shape index (κ1) is 19.4. The van der Waals surface area contributed by atoms with Gasteiger partial charge in [0, 0.05) is 6.07 Å². The Balaban J connectivity index is 1.80. The van der Waals surface area contributed by atoms with Gasteiger partial charge in [-0.3, -0.25) is 9.36 Å². The Morgan fingerprint density at radius 1 is 1.41 bits per heavy atom. The standard InChI is InChI=1S/C20H26N4O2S/c1-4-22-9-5-6-14(3)26-15-7-8-16-17(11-15)24(12-23-16)18-10-13(2)19(27-18)20(21)25/h7-8,10-12,14,22H,4-6,9H2,1-3H3,(H2,21,25). The van der Waals surface area contributed by atoms with Gasteiger partial charge in [0.05, 0.1) is 22.0 Å². The minimum absolute atomic E-state index is 0.142. The Kier molecular flexibility index (Phi) is 6.13. The highest BCUT2D eigenvalue weighted by Gasteiger charge is 2.14. The van der Waals surface area contributed by atoms with E-state index in [1.54, 1.807) is 6.33 Å². The first-order valence-corrected chi connectivity index (χ1v) is 10.1. The number of hydrogen-bond donors (Lipinski definition) is 2. The third-order valence-corrected chi connectivity index (χ3v) is 5.69. The molecule has 1 atom stereocenters. The molecular formula is C20H26N4O2S. The van der Waals surface area contributed by atoms with Crippen molar-refractivity contribution in [2.45, 2.75) is 39.7 Å². The van der Waals surface area contributed by atoms with Crippen LogP contribution < -0.4 is 15.8 Å². The number of benzene rings is 1. The molecule has 1 aromatic carbocycles. The number of fused-ring (bicyclic) bond motifs is 1. The average molecular weight is 387 g/mol. The molecule has 3 rings (SSSR count). The molecule has 6 nitrogen and oxygen atoms in total. The van der Waals surface area contributed by atoms with Gasteiger partial charge in [-0.05, 0) is 63.5 Å². The van der Waals surface area contributed by atoms with Crippen molar-refractivity contribution >= 4 is 28.3 Å². The number of imidazole rings is 1. The molecule has 0 fully saturated rings. The molecule has 144 valence electrons. The molecule has 0 aliphatic carbocycles. The molecule has 0 aliphatic rings. The van der Waals surface area contributed by atoms with Gasteiger partial charge in [-0.15, -0.1) is 11.3 Å². The minimum Gasteiger partial charge on any atom is -0.491 e. The Hall–Kier alpha value is -2.38. The second kappa shape index (κ2) is 8.54. The molecule has 1 unspecified atom stereocenters. The lowest BCUT2D eigenvalue weighted by Crippen LogP contribution is -2.18. The van der Waals surface area contributed by atoms with Crippen molar-refractivity contribution in [3.05, 3.63) is 41.0 Å². The fourth-order valence-electron chi connectivity index (χ4n) is 3.05. The fraction of sp³-hybridized carbons (Fsp3) is 0.400.